The van der Waals surface area contributed by atoms with Crippen LogP contribution in [0.4, 0.5) is 18.9 Å². The molecule has 1 fully saturated rings. The lowest BCUT2D eigenvalue weighted by molar-refractivity contribution is -0.139. The van der Waals surface area contributed by atoms with Gasteiger partial charge < -0.3 is 10.0 Å². The van der Waals surface area contributed by atoms with Crippen LogP contribution in [0, 0.1) is 0 Å². The van der Waals surface area contributed by atoms with Crippen molar-refractivity contribution in [3.8, 4) is 0 Å². The van der Waals surface area contributed by atoms with E-state index in [-0.39, 0.29) is 0 Å². The molecule has 1 N–H and O–H groups in total. The Bertz CT molecular complexity index is 470. The van der Waals surface area contributed by atoms with Crippen molar-refractivity contribution >= 4 is 11.7 Å². The van der Waals surface area contributed by atoms with Gasteiger partial charge >= 0.3 is 12.1 Å². The maximum absolute atomic E-state index is 12.5. The lowest BCUT2D eigenvalue weighted by atomic mass is 10.1. The highest BCUT2D eigenvalue weighted by atomic mass is 19.4. The van der Waals surface area contributed by atoms with Crippen LogP contribution in [0.15, 0.2) is 24.3 Å². The van der Waals surface area contributed by atoms with Crippen molar-refractivity contribution in [2.45, 2.75) is 37.9 Å². The number of carboxylic acid groups (broad SMARTS) is 1. The second-order valence-corrected chi connectivity index (χ2v) is 4.94. The highest BCUT2D eigenvalue weighted by molar-refractivity contribution is 5.78. The minimum Gasteiger partial charge on any atom is -0.480 e. The molecule has 110 valence electrons. The first kappa shape index (κ1) is 14.7. The topological polar surface area (TPSA) is 40.5 Å². The minimum atomic E-state index is -4.37. The molecule has 1 aliphatic heterocycles. The van der Waals surface area contributed by atoms with E-state index in [0.717, 1.165) is 31.4 Å². The van der Waals surface area contributed by atoms with Crippen LogP contribution in [0.1, 0.15) is 31.2 Å². The third kappa shape index (κ3) is 3.23. The van der Waals surface area contributed by atoms with E-state index < -0.39 is 23.8 Å². The molecule has 2 rings (SSSR count). The summed E-state index contributed by atoms with van der Waals surface area (Å²) in [4.78, 5) is 13.0. The van der Waals surface area contributed by atoms with Gasteiger partial charge in [-0.05, 0) is 37.1 Å². The van der Waals surface area contributed by atoms with E-state index in [1.54, 1.807) is 4.90 Å². The van der Waals surface area contributed by atoms with Crippen molar-refractivity contribution in [1.82, 2.24) is 0 Å². The highest BCUT2D eigenvalue weighted by Crippen LogP contribution is 2.31. The van der Waals surface area contributed by atoms with Gasteiger partial charge in [0.2, 0.25) is 0 Å². The number of carboxylic acids is 1. The van der Waals surface area contributed by atoms with E-state index >= 15 is 0 Å². The smallest absolute Gasteiger partial charge is 0.416 e. The van der Waals surface area contributed by atoms with Crippen molar-refractivity contribution in [1.29, 1.82) is 0 Å². The Hall–Kier alpha value is -1.72. The molecule has 1 aromatic carbocycles. The number of hydrogen-bond donors (Lipinski definition) is 1. The zero-order valence-corrected chi connectivity index (χ0v) is 10.9. The van der Waals surface area contributed by atoms with E-state index in [2.05, 4.69) is 0 Å². The average molecular weight is 287 g/mol. The van der Waals surface area contributed by atoms with Gasteiger partial charge in [0.1, 0.15) is 6.04 Å². The number of rotatable bonds is 2. The Kier molecular flexibility index (Phi) is 4.20. The van der Waals surface area contributed by atoms with Crippen LogP contribution in [0.5, 0.6) is 0 Å². The molecule has 1 heterocycles. The standard InChI is InChI=1S/C14H16F3NO2/c15-14(16,17)10-5-7-11(8-6-10)18-9-3-1-2-4-12(18)13(19)20/h5-8,12H,1-4,9H2,(H,19,20). The van der Waals surface area contributed by atoms with Crippen molar-refractivity contribution in [2.75, 3.05) is 11.4 Å². The normalized spacial score (nSPS) is 20.6. The molecule has 1 aromatic rings. The summed E-state index contributed by atoms with van der Waals surface area (Å²) in [5.74, 6) is -0.924. The quantitative estimate of drug-likeness (QED) is 0.904. The third-order valence-electron chi connectivity index (χ3n) is 3.56. The number of anilines is 1. The van der Waals surface area contributed by atoms with E-state index in [1.165, 1.54) is 12.1 Å². The molecule has 0 radical (unpaired) electrons. The number of hydrogen-bond acceptors (Lipinski definition) is 2. The number of nitrogens with zero attached hydrogens (tertiary/aromatic N) is 1. The van der Waals surface area contributed by atoms with Crippen molar-refractivity contribution < 1.29 is 23.1 Å². The lowest BCUT2D eigenvalue weighted by Crippen LogP contribution is -2.40. The minimum absolute atomic E-state index is 0.524. The average Bonchev–Trinajstić information content (AvgIpc) is 2.63. The summed E-state index contributed by atoms with van der Waals surface area (Å²) in [6, 6.07) is 4.04. The third-order valence-corrected chi connectivity index (χ3v) is 3.56. The lowest BCUT2D eigenvalue weighted by Gasteiger charge is -2.29. The van der Waals surface area contributed by atoms with Crippen LogP contribution in [0.25, 0.3) is 0 Å². The summed E-state index contributed by atoms with van der Waals surface area (Å²) in [6.07, 6.45) is -1.22. The summed E-state index contributed by atoms with van der Waals surface area (Å²) in [5, 5.41) is 9.26. The van der Waals surface area contributed by atoms with Gasteiger partial charge in [0, 0.05) is 12.2 Å². The second-order valence-electron chi connectivity index (χ2n) is 4.94. The van der Waals surface area contributed by atoms with E-state index in [4.69, 9.17) is 0 Å². The Morgan fingerprint density at radius 2 is 1.80 bits per heavy atom. The molecule has 0 aliphatic carbocycles. The van der Waals surface area contributed by atoms with Gasteiger partial charge in [-0.25, -0.2) is 4.79 Å². The van der Waals surface area contributed by atoms with Crippen LogP contribution in [0.3, 0.4) is 0 Å². The maximum Gasteiger partial charge on any atom is 0.416 e. The van der Waals surface area contributed by atoms with Crippen LogP contribution in [0.2, 0.25) is 0 Å². The van der Waals surface area contributed by atoms with Crippen LogP contribution in [-0.4, -0.2) is 23.7 Å². The van der Waals surface area contributed by atoms with Crippen LogP contribution in [-0.2, 0) is 11.0 Å². The summed E-state index contributed by atoms with van der Waals surface area (Å²) < 4.78 is 37.6. The summed E-state index contributed by atoms with van der Waals surface area (Å²) in [7, 11) is 0. The molecule has 0 amide bonds. The SMILES string of the molecule is O=C(O)C1CCCCCN1c1ccc(C(F)(F)F)cc1. The molecule has 3 nitrogen and oxygen atoms in total. The molecule has 1 saturated heterocycles. The van der Waals surface area contributed by atoms with Gasteiger partial charge in [0.25, 0.3) is 0 Å². The molecular formula is C14H16F3NO2. The number of aliphatic carboxylic acids is 1. The van der Waals surface area contributed by atoms with E-state index in [0.29, 0.717) is 18.7 Å². The van der Waals surface area contributed by atoms with Gasteiger partial charge in [0.15, 0.2) is 0 Å². The van der Waals surface area contributed by atoms with E-state index in [1.807, 2.05) is 0 Å². The number of alkyl halides is 3. The molecule has 20 heavy (non-hydrogen) atoms. The fourth-order valence-corrected chi connectivity index (χ4v) is 2.52. The first-order chi connectivity index (χ1) is 9.39. The fraction of sp³-hybridized carbons (Fsp3) is 0.500. The highest BCUT2D eigenvalue weighted by Gasteiger charge is 2.31. The van der Waals surface area contributed by atoms with E-state index in [9.17, 15) is 23.1 Å². The second kappa shape index (κ2) is 5.73. The molecule has 1 atom stereocenters. The van der Waals surface area contributed by atoms with Crippen LogP contribution < -0.4 is 4.90 Å². The molecule has 0 saturated carbocycles. The molecule has 0 aromatic heterocycles. The molecule has 1 unspecified atom stereocenters. The molecule has 6 heteroatoms. The zero-order valence-electron chi connectivity index (χ0n) is 10.9. The predicted molar refractivity (Wildman–Crippen MR) is 68.7 cm³/mol. The largest absolute Gasteiger partial charge is 0.480 e. The Balaban J connectivity index is 2.25. The zero-order chi connectivity index (χ0) is 14.8. The fourth-order valence-electron chi connectivity index (χ4n) is 2.52. The number of benzene rings is 1. The summed E-state index contributed by atoms with van der Waals surface area (Å²) in [5.41, 5.74) is -0.185. The van der Waals surface area contributed by atoms with Gasteiger partial charge in [-0.2, -0.15) is 13.2 Å². The van der Waals surface area contributed by atoms with Crippen molar-refractivity contribution in [2.24, 2.45) is 0 Å². The van der Waals surface area contributed by atoms with Gasteiger partial charge in [-0.3, -0.25) is 0 Å². The maximum atomic E-state index is 12.5. The number of halogens is 3. The number of carbonyl (C=O) groups is 1. The van der Waals surface area contributed by atoms with Crippen LogP contribution >= 0.6 is 0 Å². The predicted octanol–water partition coefficient (Wildman–Crippen LogP) is 3.54. The van der Waals surface area contributed by atoms with Gasteiger partial charge in [-0.15, -0.1) is 0 Å². The van der Waals surface area contributed by atoms with Gasteiger partial charge in [0.05, 0.1) is 5.56 Å². The van der Waals surface area contributed by atoms with Gasteiger partial charge in [-0.1, -0.05) is 12.8 Å². The molecule has 1 aliphatic rings. The Morgan fingerprint density at radius 1 is 1.15 bits per heavy atom. The summed E-state index contributed by atoms with van der Waals surface area (Å²) in [6.45, 7) is 0.558. The van der Waals surface area contributed by atoms with Crippen molar-refractivity contribution in [3.05, 3.63) is 29.8 Å². The Morgan fingerprint density at radius 3 is 2.35 bits per heavy atom. The summed E-state index contributed by atoms with van der Waals surface area (Å²) >= 11 is 0. The van der Waals surface area contributed by atoms with Crippen molar-refractivity contribution in [3.63, 3.8) is 0 Å². The monoisotopic (exact) mass is 287 g/mol. The Labute approximate surface area is 115 Å². The first-order valence-electron chi connectivity index (χ1n) is 6.56. The molecule has 0 spiro atoms. The first-order valence-corrected chi connectivity index (χ1v) is 6.56. The molecular weight excluding hydrogens is 271 g/mol. The molecule has 0 bridgehead atoms.